The minimum absolute atomic E-state index is 0.131. The van der Waals surface area contributed by atoms with Crippen molar-refractivity contribution >= 4 is 24.2 Å². The normalized spacial score (nSPS) is 10.2. The highest BCUT2D eigenvalue weighted by Crippen LogP contribution is 2.16. The number of ether oxygens (including phenoxy) is 1. The van der Waals surface area contributed by atoms with Crippen LogP contribution >= 0.6 is 0 Å². The molecule has 132 valence electrons. The molecular formula is C18H16N4O4. The van der Waals surface area contributed by atoms with Crippen molar-refractivity contribution < 1.29 is 18.7 Å². The maximum atomic E-state index is 11.9. The molecule has 0 radical (unpaired) electrons. The van der Waals surface area contributed by atoms with Crippen molar-refractivity contribution in [2.24, 2.45) is 0 Å². The van der Waals surface area contributed by atoms with E-state index in [0.717, 1.165) is 5.56 Å². The fourth-order valence-corrected chi connectivity index (χ4v) is 2.18. The Morgan fingerprint density at radius 2 is 1.88 bits per heavy atom. The van der Waals surface area contributed by atoms with E-state index in [2.05, 4.69) is 15.5 Å². The predicted molar refractivity (Wildman–Crippen MR) is 93.8 cm³/mol. The number of aromatic nitrogens is 2. The van der Waals surface area contributed by atoms with Gasteiger partial charge in [-0.1, -0.05) is 35.4 Å². The van der Waals surface area contributed by atoms with Crippen LogP contribution in [0.15, 0.2) is 59.0 Å². The summed E-state index contributed by atoms with van der Waals surface area (Å²) in [4.78, 5) is 24.4. The van der Waals surface area contributed by atoms with Crippen molar-refractivity contribution in [1.29, 1.82) is 0 Å². The van der Waals surface area contributed by atoms with Crippen molar-refractivity contribution in [2.75, 3.05) is 10.2 Å². The molecule has 0 bridgehead atoms. The van der Waals surface area contributed by atoms with Crippen molar-refractivity contribution in [2.45, 2.75) is 13.5 Å². The Kier molecular flexibility index (Phi) is 5.23. The fourth-order valence-electron chi connectivity index (χ4n) is 2.18. The van der Waals surface area contributed by atoms with Gasteiger partial charge in [0.25, 0.3) is 0 Å². The van der Waals surface area contributed by atoms with Crippen LogP contribution in [-0.4, -0.2) is 22.7 Å². The first-order valence-electron chi connectivity index (χ1n) is 7.79. The van der Waals surface area contributed by atoms with E-state index in [0.29, 0.717) is 23.7 Å². The second-order valence-electron chi connectivity index (χ2n) is 5.36. The summed E-state index contributed by atoms with van der Waals surface area (Å²) in [5.74, 6) is 0.835. The minimum atomic E-state index is -0.584. The van der Waals surface area contributed by atoms with Crippen LogP contribution < -0.4 is 15.0 Å². The highest BCUT2D eigenvalue weighted by atomic mass is 16.6. The zero-order chi connectivity index (χ0) is 18.4. The molecule has 0 aliphatic carbocycles. The van der Waals surface area contributed by atoms with Crippen LogP contribution in [-0.2, 0) is 11.3 Å². The van der Waals surface area contributed by atoms with Gasteiger partial charge in [-0.05, 0) is 29.8 Å². The lowest BCUT2D eigenvalue weighted by atomic mass is 10.2. The summed E-state index contributed by atoms with van der Waals surface area (Å²) in [5, 5.41) is 10.1. The second-order valence-corrected chi connectivity index (χ2v) is 5.36. The maximum absolute atomic E-state index is 11.9. The highest BCUT2D eigenvalue weighted by Gasteiger charge is 2.13. The quantitative estimate of drug-likeness (QED) is 0.684. The lowest BCUT2D eigenvalue weighted by molar-refractivity contribution is -0.107. The number of nitrogens with zero attached hydrogens (tertiary/aromatic N) is 3. The number of carbonyl (C=O) groups excluding carboxylic acids is 2. The number of para-hydroxylation sites is 1. The molecule has 1 heterocycles. The SMILES string of the molecule is Cc1nnc(N(C=O)Cc2ccc(NC(=O)Oc3ccccc3)cc2)o1. The lowest BCUT2D eigenvalue weighted by Crippen LogP contribution is -2.21. The molecule has 1 aromatic heterocycles. The molecule has 0 fully saturated rings. The third kappa shape index (κ3) is 4.44. The fraction of sp³-hybridized carbons (Fsp3) is 0.111. The summed E-state index contributed by atoms with van der Waals surface area (Å²) >= 11 is 0. The van der Waals surface area contributed by atoms with Gasteiger partial charge < -0.3 is 9.15 Å². The summed E-state index contributed by atoms with van der Waals surface area (Å²) in [7, 11) is 0. The first-order chi connectivity index (χ1) is 12.6. The van der Waals surface area contributed by atoms with Crippen molar-refractivity contribution in [3.63, 3.8) is 0 Å². The third-order valence-corrected chi connectivity index (χ3v) is 3.40. The van der Waals surface area contributed by atoms with Crippen LogP contribution in [0.5, 0.6) is 5.75 Å². The number of carbonyl (C=O) groups is 2. The maximum Gasteiger partial charge on any atom is 0.417 e. The first-order valence-corrected chi connectivity index (χ1v) is 7.79. The number of hydrogen-bond acceptors (Lipinski definition) is 6. The van der Waals surface area contributed by atoms with Gasteiger partial charge >= 0.3 is 12.1 Å². The number of amides is 2. The summed E-state index contributed by atoms with van der Waals surface area (Å²) in [6.07, 6.45) is 0.0379. The van der Waals surface area contributed by atoms with E-state index in [4.69, 9.17) is 9.15 Å². The van der Waals surface area contributed by atoms with Gasteiger partial charge in [-0.15, -0.1) is 5.10 Å². The molecule has 3 aromatic rings. The molecule has 3 rings (SSSR count). The summed E-state index contributed by atoms with van der Waals surface area (Å²) in [6, 6.07) is 15.9. The third-order valence-electron chi connectivity index (χ3n) is 3.40. The average molecular weight is 352 g/mol. The molecular weight excluding hydrogens is 336 g/mol. The Bertz CT molecular complexity index is 878. The largest absolute Gasteiger partial charge is 0.417 e. The second kappa shape index (κ2) is 7.93. The van der Waals surface area contributed by atoms with Gasteiger partial charge in [0.2, 0.25) is 12.3 Å². The van der Waals surface area contributed by atoms with Crippen LogP contribution in [0.3, 0.4) is 0 Å². The van der Waals surface area contributed by atoms with Crippen molar-refractivity contribution in [3.8, 4) is 5.75 Å². The molecule has 2 aromatic carbocycles. The van der Waals surface area contributed by atoms with Gasteiger partial charge in [0.1, 0.15) is 5.75 Å². The van der Waals surface area contributed by atoms with E-state index < -0.39 is 6.09 Å². The molecule has 0 atom stereocenters. The van der Waals surface area contributed by atoms with Crippen molar-refractivity contribution in [1.82, 2.24) is 10.2 Å². The molecule has 0 saturated carbocycles. The number of anilines is 2. The lowest BCUT2D eigenvalue weighted by Gasteiger charge is -2.12. The molecule has 0 saturated heterocycles. The molecule has 0 spiro atoms. The smallest absolute Gasteiger partial charge is 0.410 e. The number of hydrogen-bond donors (Lipinski definition) is 1. The van der Waals surface area contributed by atoms with E-state index in [-0.39, 0.29) is 12.6 Å². The summed E-state index contributed by atoms with van der Waals surface area (Å²) < 4.78 is 10.4. The Morgan fingerprint density at radius 1 is 1.15 bits per heavy atom. The molecule has 1 N–H and O–H groups in total. The van der Waals surface area contributed by atoms with E-state index in [1.165, 1.54) is 4.90 Å². The molecule has 0 aliphatic heterocycles. The number of aryl methyl sites for hydroxylation is 1. The van der Waals surface area contributed by atoms with E-state index in [1.54, 1.807) is 55.5 Å². The van der Waals surface area contributed by atoms with Gasteiger partial charge in [0.05, 0.1) is 6.54 Å². The van der Waals surface area contributed by atoms with Gasteiger partial charge in [-0.25, -0.2) is 4.79 Å². The standard InChI is InChI=1S/C18H16N4O4/c1-13-20-21-17(25-13)22(12-23)11-14-7-9-15(10-8-14)19-18(24)26-16-5-3-2-4-6-16/h2-10,12H,11H2,1H3,(H,19,24). The predicted octanol–water partition coefficient (Wildman–Crippen LogP) is 3.15. The number of rotatable bonds is 6. The van der Waals surface area contributed by atoms with E-state index in [1.807, 2.05) is 6.07 Å². The first kappa shape index (κ1) is 17.2. The van der Waals surface area contributed by atoms with Gasteiger partial charge in [-0.3, -0.25) is 15.0 Å². The Hall–Kier alpha value is -3.68. The van der Waals surface area contributed by atoms with Gasteiger partial charge in [0, 0.05) is 12.6 Å². The molecule has 0 unspecified atom stereocenters. The van der Waals surface area contributed by atoms with Crippen LogP contribution in [0.4, 0.5) is 16.5 Å². The Morgan fingerprint density at radius 3 is 2.50 bits per heavy atom. The average Bonchev–Trinajstić information content (AvgIpc) is 3.08. The number of nitrogens with one attached hydrogen (secondary N) is 1. The topological polar surface area (TPSA) is 97.6 Å². The van der Waals surface area contributed by atoms with Crippen molar-refractivity contribution in [3.05, 3.63) is 66.1 Å². The molecule has 8 nitrogen and oxygen atoms in total. The van der Waals surface area contributed by atoms with Gasteiger partial charge in [0.15, 0.2) is 0 Å². The van der Waals surface area contributed by atoms with E-state index >= 15 is 0 Å². The number of benzene rings is 2. The van der Waals surface area contributed by atoms with Crippen LogP contribution in [0.2, 0.25) is 0 Å². The Labute approximate surface area is 149 Å². The Balaban J connectivity index is 1.59. The molecule has 0 aliphatic rings. The van der Waals surface area contributed by atoms with Crippen LogP contribution in [0.1, 0.15) is 11.5 Å². The summed E-state index contributed by atoms with van der Waals surface area (Å²) in [6.45, 7) is 1.91. The molecule has 8 heteroatoms. The zero-order valence-electron chi connectivity index (χ0n) is 14.0. The molecule has 26 heavy (non-hydrogen) atoms. The van der Waals surface area contributed by atoms with Crippen LogP contribution in [0.25, 0.3) is 0 Å². The molecule has 2 amide bonds. The van der Waals surface area contributed by atoms with Gasteiger partial charge in [-0.2, -0.15) is 0 Å². The zero-order valence-corrected chi connectivity index (χ0v) is 14.0. The highest BCUT2D eigenvalue weighted by molar-refractivity contribution is 5.86. The monoisotopic (exact) mass is 352 g/mol. The summed E-state index contributed by atoms with van der Waals surface area (Å²) in [5.41, 5.74) is 1.40. The minimum Gasteiger partial charge on any atom is -0.410 e. The van der Waals surface area contributed by atoms with E-state index in [9.17, 15) is 9.59 Å². The van der Waals surface area contributed by atoms with Crippen LogP contribution in [0, 0.1) is 6.92 Å².